The Bertz CT molecular complexity index is 344. The van der Waals surface area contributed by atoms with E-state index in [0.717, 1.165) is 17.1 Å². The van der Waals surface area contributed by atoms with Gasteiger partial charge in [-0.15, -0.1) is 0 Å². The zero-order chi connectivity index (χ0) is 10.6. The van der Waals surface area contributed by atoms with Gasteiger partial charge in [0.25, 0.3) is 5.69 Å². The van der Waals surface area contributed by atoms with Crippen molar-refractivity contribution in [2.75, 3.05) is 5.75 Å². The average molecular weight is 276 g/mol. The first-order valence-corrected chi connectivity index (χ1v) is 6.11. The maximum Gasteiger partial charge on any atom is 0.283 e. The quantitative estimate of drug-likeness (QED) is 0.623. The average Bonchev–Trinajstić information content (AvgIpc) is 2.16. The first-order valence-electron chi connectivity index (χ1n) is 4.16. The summed E-state index contributed by atoms with van der Waals surface area (Å²) in [7, 11) is 0. The lowest BCUT2D eigenvalue weighted by atomic mass is 10.2. The molecule has 76 valence electrons. The molecule has 14 heavy (non-hydrogen) atoms. The van der Waals surface area contributed by atoms with Crippen LogP contribution in [-0.4, -0.2) is 10.7 Å². The molecule has 0 saturated carbocycles. The fourth-order valence-corrected chi connectivity index (χ4v) is 2.43. The van der Waals surface area contributed by atoms with Crippen LogP contribution < -0.4 is 0 Å². The fraction of sp³-hybridized carbons (Fsp3) is 0.333. The summed E-state index contributed by atoms with van der Waals surface area (Å²) < 4.78 is 0.603. The van der Waals surface area contributed by atoms with Gasteiger partial charge in [0.2, 0.25) is 0 Å². The standard InChI is InChI=1S/C9H10BrNO2S/c1-2-14-6-7-4-3-5-8(9(7)10)11(12)13/h3-5H,2,6H2,1H3. The van der Waals surface area contributed by atoms with Gasteiger partial charge in [0.1, 0.15) is 0 Å². The molecule has 1 rings (SSSR count). The second kappa shape index (κ2) is 5.36. The lowest BCUT2D eigenvalue weighted by molar-refractivity contribution is -0.385. The highest BCUT2D eigenvalue weighted by atomic mass is 79.9. The maximum atomic E-state index is 10.6. The van der Waals surface area contributed by atoms with Crippen molar-refractivity contribution < 1.29 is 4.92 Å². The van der Waals surface area contributed by atoms with E-state index < -0.39 is 0 Å². The molecule has 0 radical (unpaired) electrons. The Morgan fingerprint density at radius 1 is 1.57 bits per heavy atom. The minimum Gasteiger partial charge on any atom is -0.258 e. The molecule has 0 aliphatic carbocycles. The number of rotatable bonds is 4. The highest BCUT2D eigenvalue weighted by Crippen LogP contribution is 2.30. The first-order chi connectivity index (χ1) is 6.66. The van der Waals surface area contributed by atoms with E-state index in [-0.39, 0.29) is 10.6 Å². The number of thioether (sulfide) groups is 1. The van der Waals surface area contributed by atoms with Crippen LogP contribution in [0.3, 0.4) is 0 Å². The SMILES string of the molecule is CCSCc1cccc([N+](=O)[O-])c1Br. The van der Waals surface area contributed by atoms with Gasteiger partial charge in [0.15, 0.2) is 0 Å². The lowest BCUT2D eigenvalue weighted by Gasteiger charge is -2.03. The van der Waals surface area contributed by atoms with Crippen LogP contribution in [0, 0.1) is 10.1 Å². The van der Waals surface area contributed by atoms with Crippen LogP contribution in [0.4, 0.5) is 5.69 Å². The Morgan fingerprint density at radius 2 is 2.29 bits per heavy atom. The molecular formula is C9H10BrNO2S. The Morgan fingerprint density at radius 3 is 2.86 bits per heavy atom. The summed E-state index contributed by atoms with van der Waals surface area (Å²) in [4.78, 5) is 10.2. The van der Waals surface area contributed by atoms with E-state index >= 15 is 0 Å². The van der Waals surface area contributed by atoms with Crippen molar-refractivity contribution in [3.05, 3.63) is 38.3 Å². The van der Waals surface area contributed by atoms with Crippen molar-refractivity contribution in [2.45, 2.75) is 12.7 Å². The van der Waals surface area contributed by atoms with Crippen molar-refractivity contribution in [2.24, 2.45) is 0 Å². The summed E-state index contributed by atoms with van der Waals surface area (Å²) in [6, 6.07) is 5.12. The fourth-order valence-electron chi connectivity index (χ4n) is 1.03. The van der Waals surface area contributed by atoms with Gasteiger partial charge in [0, 0.05) is 11.8 Å². The van der Waals surface area contributed by atoms with Gasteiger partial charge in [-0.25, -0.2) is 0 Å². The predicted octanol–water partition coefficient (Wildman–Crippen LogP) is 3.61. The van der Waals surface area contributed by atoms with E-state index in [2.05, 4.69) is 22.9 Å². The summed E-state index contributed by atoms with van der Waals surface area (Å²) in [5.74, 6) is 1.81. The van der Waals surface area contributed by atoms with E-state index in [0.29, 0.717) is 4.47 Å². The zero-order valence-corrected chi connectivity index (χ0v) is 10.1. The minimum atomic E-state index is -0.371. The molecule has 1 aromatic carbocycles. The predicted molar refractivity (Wildman–Crippen MR) is 62.6 cm³/mol. The van der Waals surface area contributed by atoms with Crippen molar-refractivity contribution >= 4 is 33.4 Å². The molecule has 0 heterocycles. The van der Waals surface area contributed by atoms with Gasteiger partial charge in [0.05, 0.1) is 9.40 Å². The summed E-state index contributed by atoms with van der Waals surface area (Å²) in [5, 5.41) is 10.6. The number of benzene rings is 1. The molecule has 0 aliphatic heterocycles. The number of nitro groups is 1. The molecule has 0 aromatic heterocycles. The Labute approximate surface area is 95.2 Å². The zero-order valence-electron chi connectivity index (χ0n) is 7.70. The third-order valence-corrected chi connectivity index (χ3v) is 3.56. The van der Waals surface area contributed by atoms with Crippen molar-refractivity contribution in [3.63, 3.8) is 0 Å². The van der Waals surface area contributed by atoms with Crippen LogP contribution >= 0.6 is 27.7 Å². The molecule has 0 N–H and O–H groups in total. The molecule has 0 bridgehead atoms. The first kappa shape index (κ1) is 11.5. The van der Waals surface area contributed by atoms with Gasteiger partial charge in [-0.3, -0.25) is 10.1 Å². The van der Waals surface area contributed by atoms with Gasteiger partial charge < -0.3 is 0 Å². The third-order valence-electron chi connectivity index (χ3n) is 1.72. The van der Waals surface area contributed by atoms with E-state index in [1.807, 2.05) is 6.07 Å². The Hall–Kier alpha value is -0.550. The highest BCUT2D eigenvalue weighted by Gasteiger charge is 2.13. The van der Waals surface area contributed by atoms with E-state index in [9.17, 15) is 10.1 Å². The molecule has 0 fully saturated rings. The van der Waals surface area contributed by atoms with Crippen molar-refractivity contribution in [3.8, 4) is 0 Å². The summed E-state index contributed by atoms with van der Waals surface area (Å²) in [5.41, 5.74) is 1.12. The van der Waals surface area contributed by atoms with Crippen molar-refractivity contribution in [1.82, 2.24) is 0 Å². The highest BCUT2D eigenvalue weighted by molar-refractivity contribution is 9.10. The molecule has 0 unspecified atom stereocenters. The van der Waals surface area contributed by atoms with Crippen LogP contribution in [-0.2, 0) is 5.75 Å². The van der Waals surface area contributed by atoms with Gasteiger partial charge in [-0.1, -0.05) is 19.1 Å². The second-order valence-corrected chi connectivity index (χ2v) is 4.71. The molecule has 3 nitrogen and oxygen atoms in total. The van der Waals surface area contributed by atoms with Crippen LogP contribution in [0.15, 0.2) is 22.7 Å². The molecule has 0 atom stereocenters. The molecule has 0 amide bonds. The van der Waals surface area contributed by atoms with Crippen LogP contribution in [0.25, 0.3) is 0 Å². The van der Waals surface area contributed by atoms with Crippen molar-refractivity contribution in [1.29, 1.82) is 0 Å². The molecule has 5 heteroatoms. The number of hydrogen-bond donors (Lipinski definition) is 0. The minimum absolute atomic E-state index is 0.138. The largest absolute Gasteiger partial charge is 0.283 e. The summed E-state index contributed by atoms with van der Waals surface area (Å²) >= 11 is 5.00. The van der Waals surface area contributed by atoms with Gasteiger partial charge in [-0.05, 0) is 27.2 Å². The Kier molecular flexibility index (Phi) is 4.41. The topological polar surface area (TPSA) is 43.1 Å². The smallest absolute Gasteiger partial charge is 0.258 e. The van der Waals surface area contributed by atoms with Crippen LogP contribution in [0.1, 0.15) is 12.5 Å². The second-order valence-electron chi connectivity index (χ2n) is 2.64. The monoisotopic (exact) mass is 275 g/mol. The summed E-state index contributed by atoms with van der Waals surface area (Å²) in [6.45, 7) is 2.07. The number of nitro benzene ring substituents is 1. The normalized spacial score (nSPS) is 10.1. The molecule has 0 saturated heterocycles. The third kappa shape index (κ3) is 2.72. The van der Waals surface area contributed by atoms with E-state index in [1.54, 1.807) is 17.8 Å². The van der Waals surface area contributed by atoms with Crippen LogP contribution in [0.2, 0.25) is 0 Å². The van der Waals surface area contributed by atoms with Crippen LogP contribution in [0.5, 0.6) is 0 Å². The van der Waals surface area contributed by atoms with E-state index in [1.165, 1.54) is 6.07 Å². The maximum absolute atomic E-state index is 10.6. The number of halogens is 1. The van der Waals surface area contributed by atoms with Gasteiger partial charge >= 0.3 is 0 Å². The van der Waals surface area contributed by atoms with E-state index in [4.69, 9.17) is 0 Å². The molecule has 0 spiro atoms. The molecule has 0 aliphatic rings. The number of nitrogens with zero attached hydrogens (tertiary/aromatic N) is 1. The van der Waals surface area contributed by atoms with Gasteiger partial charge in [-0.2, -0.15) is 11.8 Å². The summed E-state index contributed by atoms with van der Waals surface area (Å²) in [6.07, 6.45) is 0. The lowest BCUT2D eigenvalue weighted by Crippen LogP contribution is -1.92. The molecular weight excluding hydrogens is 266 g/mol. The molecule has 1 aromatic rings. The Balaban J connectivity index is 2.95. The number of hydrogen-bond acceptors (Lipinski definition) is 3.